The lowest BCUT2D eigenvalue weighted by Gasteiger charge is -2.49. The van der Waals surface area contributed by atoms with E-state index < -0.39 is 0 Å². The molecule has 3 aliphatic rings. The molecule has 1 saturated heterocycles. The van der Waals surface area contributed by atoms with Crippen molar-refractivity contribution in [3.8, 4) is 0 Å². The van der Waals surface area contributed by atoms with E-state index in [4.69, 9.17) is 9.47 Å². The van der Waals surface area contributed by atoms with Crippen molar-refractivity contribution in [2.45, 2.75) is 58.8 Å². The van der Waals surface area contributed by atoms with Gasteiger partial charge in [0.1, 0.15) is 0 Å². The molecule has 0 aromatic rings. The van der Waals surface area contributed by atoms with Crippen molar-refractivity contribution in [1.82, 2.24) is 0 Å². The Morgan fingerprint density at radius 2 is 1.88 bits per heavy atom. The number of ether oxygens (including phenoxy) is 2. The SMILES string of the molecule is CC1COC(C)(C2(C)C3CCC(C3)C2C)O1. The molecular weight excluding hydrogens is 200 g/mol. The van der Waals surface area contributed by atoms with Gasteiger partial charge in [-0.05, 0) is 50.9 Å². The van der Waals surface area contributed by atoms with E-state index in [9.17, 15) is 0 Å². The van der Waals surface area contributed by atoms with Crippen LogP contribution in [0.25, 0.3) is 0 Å². The van der Waals surface area contributed by atoms with Gasteiger partial charge in [-0.1, -0.05) is 13.8 Å². The summed E-state index contributed by atoms with van der Waals surface area (Å²) >= 11 is 0. The summed E-state index contributed by atoms with van der Waals surface area (Å²) < 4.78 is 12.2. The van der Waals surface area contributed by atoms with Crippen LogP contribution in [-0.4, -0.2) is 18.5 Å². The van der Waals surface area contributed by atoms with E-state index in [1.165, 1.54) is 19.3 Å². The van der Waals surface area contributed by atoms with Crippen LogP contribution in [0.5, 0.6) is 0 Å². The Morgan fingerprint density at radius 1 is 1.12 bits per heavy atom. The van der Waals surface area contributed by atoms with Crippen molar-refractivity contribution in [3.05, 3.63) is 0 Å². The highest BCUT2D eigenvalue weighted by molar-refractivity contribution is 5.08. The van der Waals surface area contributed by atoms with Crippen LogP contribution < -0.4 is 0 Å². The Bertz CT molecular complexity index is 299. The molecule has 6 atom stereocenters. The van der Waals surface area contributed by atoms with Crippen LogP contribution >= 0.6 is 0 Å². The molecule has 1 aliphatic heterocycles. The van der Waals surface area contributed by atoms with E-state index in [0.717, 1.165) is 24.4 Å². The Balaban J connectivity index is 1.93. The van der Waals surface area contributed by atoms with Crippen LogP contribution in [0.3, 0.4) is 0 Å². The fourth-order valence-corrected chi connectivity index (χ4v) is 4.67. The van der Waals surface area contributed by atoms with Gasteiger partial charge in [-0.2, -0.15) is 0 Å². The van der Waals surface area contributed by atoms with E-state index in [0.29, 0.717) is 0 Å². The zero-order valence-corrected chi connectivity index (χ0v) is 11.0. The summed E-state index contributed by atoms with van der Waals surface area (Å²) in [4.78, 5) is 0. The van der Waals surface area contributed by atoms with E-state index in [1.807, 2.05) is 0 Å². The third-order valence-electron chi connectivity index (χ3n) is 5.97. The highest BCUT2D eigenvalue weighted by Crippen LogP contribution is 2.65. The van der Waals surface area contributed by atoms with Gasteiger partial charge in [0.05, 0.1) is 12.7 Å². The quantitative estimate of drug-likeness (QED) is 0.681. The highest BCUT2D eigenvalue weighted by Gasteiger charge is 2.64. The number of fused-ring (bicyclic) bond motifs is 2. The molecule has 16 heavy (non-hydrogen) atoms. The normalized spacial score (nSPS) is 60.8. The third-order valence-corrected chi connectivity index (χ3v) is 5.97. The Labute approximate surface area is 98.7 Å². The van der Waals surface area contributed by atoms with Crippen LogP contribution in [0.1, 0.15) is 47.0 Å². The first kappa shape index (κ1) is 11.0. The summed E-state index contributed by atoms with van der Waals surface area (Å²) in [7, 11) is 0. The summed E-state index contributed by atoms with van der Waals surface area (Å²) in [6.07, 6.45) is 4.46. The molecule has 3 rings (SSSR count). The molecule has 2 aliphatic carbocycles. The predicted octanol–water partition coefficient (Wildman–Crippen LogP) is 3.21. The first-order chi connectivity index (χ1) is 7.47. The van der Waals surface area contributed by atoms with Crippen molar-refractivity contribution >= 4 is 0 Å². The van der Waals surface area contributed by atoms with Gasteiger partial charge in [-0.3, -0.25) is 0 Å². The summed E-state index contributed by atoms with van der Waals surface area (Å²) in [6.45, 7) is 9.86. The monoisotopic (exact) mass is 224 g/mol. The summed E-state index contributed by atoms with van der Waals surface area (Å²) in [6, 6.07) is 0. The number of hydrogen-bond acceptors (Lipinski definition) is 2. The standard InChI is InChI=1S/C14H24O2/c1-9-8-15-14(4,16-9)13(3)10(2)11-5-6-12(13)7-11/h9-12H,5-8H2,1-4H3. The fraction of sp³-hybridized carbons (Fsp3) is 1.00. The molecule has 2 saturated carbocycles. The van der Waals surface area contributed by atoms with Gasteiger partial charge in [0, 0.05) is 5.41 Å². The Kier molecular flexibility index (Phi) is 2.23. The van der Waals surface area contributed by atoms with Gasteiger partial charge >= 0.3 is 0 Å². The average Bonchev–Trinajstić information content (AvgIpc) is 2.88. The molecule has 92 valence electrons. The second-order valence-electron chi connectivity index (χ2n) is 6.53. The second kappa shape index (κ2) is 3.23. The Morgan fingerprint density at radius 3 is 2.38 bits per heavy atom. The number of rotatable bonds is 1. The molecule has 0 spiro atoms. The van der Waals surface area contributed by atoms with Crippen LogP contribution in [0, 0.1) is 23.2 Å². The molecule has 1 heterocycles. The first-order valence-corrected chi connectivity index (χ1v) is 6.79. The topological polar surface area (TPSA) is 18.5 Å². The Hall–Kier alpha value is -0.0800. The molecule has 0 aromatic heterocycles. The van der Waals surface area contributed by atoms with Gasteiger partial charge in [0.2, 0.25) is 0 Å². The smallest absolute Gasteiger partial charge is 0.171 e. The van der Waals surface area contributed by atoms with Crippen molar-refractivity contribution in [1.29, 1.82) is 0 Å². The average molecular weight is 224 g/mol. The summed E-state index contributed by atoms with van der Waals surface area (Å²) in [5.41, 5.74) is 0.223. The molecule has 2 bridgehead atoms. The van der Waals surface area contributed by atoms with Crippen LogP contribution in [0.15, 0.2) is 0 Å². The van der Waals surface area contributed by atoms with Gasteiger partial charge in [-0.15, -0.1) is 0 Å². The van der Waals surface area contributed by atoms with Gasteiger partial charge < -0.3 is 9.47 Å². The third kappa shape index (κ3) is 1.15. The fourth-order valence-electron chi connectivity index (χ4n) is 4.67. The van der Waals surface area contributed by atoms with Crippen molar-refractivity contribution in [2.75, 3.05) is 6.61 Å². The predicted molar refractivity (Wildman–Crippen MR) is 63.0 cm³/mol. The zero-order chi connectivity index (χ0) is 11.6. The minimum Gasteiger partial charge on any atom is -0.347 e. The van der Waals surface area contributed by atoms with E-state index in [-0.39, 0.29) is 17.3 Å². The van der Waals surface area contributed by atoms with Gasteiger partial charge in [0.25, 0.3) is 0 Å². The first-order valence-electron chi connectivity index (χ1n) is 6.79. The molecule has 0 radical (unpaired) electrons. The lowest BCUT2D eigenvalue weighted by Crippen LogP contribution is -2.52. The molecule has 2 heteroatoms. The molecule has 6 unspecified atom stereocenters. The highest BCUT2D eigenvalue weighted by atomic mass is 16.7. The summed E-state index contributed by atoms with van der Waals surface area (Å²) in [5.74, 6) is 2.12. The molecule has 0 amide bonds. The van der Waals surface area contributed by atoms with Crippen LogP contribution in [-0.2, 0) is 9.47 Å². The lowest BCUT2D eigenvalue weighted by atomic mass is 9.63. The zero-order valence-electron chi connectivity index (χ0n) is 11.0. The molecule has 2 nitrogen and oxygen atoms in total. The second-order valence-corrected chi connectivity index (χ2v) is 6.53. The maximum atomic E-state index is 6.14. The molecule has 0 aromatic carbocycles. The maximum Gasteiger partial charge on any atom is 0.171 e. The van der Waals surface area contributed by atoms with Gasteiger partial charge in [-0.25, -0.2) is 0 Å². The minimum atomic E-state index is -0.342. The van der Waals surface area contributed by atoms with Gasteiger partial charge in [0.15, 0.2) is 5.79 Å². The molecule has 0 N–H and O–H groups in total. The molecule has 3 fully saturated rings. The largest absolute Gasteiger partial charge is 0.347 e. The van der Waals surface area contributed by atoms with E-state index in [2.05, 4.69) is 27.7 Å². The van der Waals surface area contributed by atoms with Crippen LogP contribution in [0.2, 0.25) is 0 Å². The van der Waals surface area contributed by atoms with E-state index >= 15 is 0 Å². The molecular formula is C14H24O2. The van der Waals surface area contributed by atoms with Crippen molar-refractivity contribution in [2.24, 2.45) is 23.2 Å². The minimum absolute atomic E-state index is 0.223. The van der Waals surface area contributed by atoms with Crippen LogP contribution in [0.4, 0.5) is 0 Å². The summed E-state index contributed by atoms with van der Waals surface area (Å²) in [5, 5.41) is 0. The maximum absolute atomic E-state index is 6.14. The lowest BCUT2D eigenvalue weighted by molar-refractivity contribution is -0.255. The van der Waals surface area contributed by atoms with Crippen molar-refractivity contribution in [3.63, 3.8) is 0 Å². The number of hydrogen-bond donors (Lipinski definition) is 0. The van der Waals surface area contributed by atoms with E-state index in [1.54, 1.807) is 0 Å². The van der Waals surface area contributed by atoms with Crippen molar-refractivity contribution < 1.29 is 9.47 Å².